The molecule has 1 amide bonds. The van der Waals surface area contributed by atoms with Crippen molar-refractivity contribution in [3.8, 4) is 0 Å². The Balaban J connectivity index is 2.83. The van der Waals surface area contributed by atoms with Crippen molar-refractivity contribution in [2.24, 2.45) is 4.99 Å². The van der Waals surface area contributed by atoms with Crippen molar-refractivity contribution in [3.63, 3.8) is 0 Å². The summed E-state index contributed by atoms with van der Waals surface area (Å²) in [5, 5.41) is 2.36. The lowest BCUT2D eigenvalue weighted by molar-refractivity contribution is -0.120. The van der Waals surface area contributed by atoms with Crippen LogP contribution < -0.4 is 5.32 Å². The largest absolute Gasteiger partial charge is 0.323 e. The molecule has 0 bridgehead atoms. The molecule has 0 unspecified atom stereocenters. The van der Waals surface area contributed by atoms with E-state index in [1.807, 2.05) is 0 Å². The van der Waals surface area contributed by atoms with E-state index in [0.717, 1.165) is 0 Å². The molecule has 0 spiro atoms. The number of hydrogen-bond acceptors (Lipinski definition) is 3. The van der Waals surface area contributed by atoms with E-state index < -0.39 is 5.78 Å². The summed E-state index contributed by atoms with van der Waals surface area (Å²) in [5.41, 5.74) is 0.183. The molecule has 1 N–H and O–H groups in total. The lowest BCUT2D eigenvalue weighted by atomic mass is 10.2. The SMILES string of the molecule is CC(=O)NC1=CC=NC(=S)C1=O. The van der Waals surface area contributed by atoms with Gasteiger partial charge in [-0.25, -0.2) is 4.99 Å². The van der Waals surface area contributed by atoms with Crippen LogP contribution in [0.25, 0.3) is 0 Å². The number of dihydropyridines is 1. The van der Waals surface area contributed by atoms with Gasteiger partial charge in [0.05, 0.1) is 5.70 Å². The highest BCUT2D eigenvalue weighted by atomic mass is 32.1. The fourth-order valence-electron chi connectivity index (χ4n) is 0.717. The lowest BCUT2D eigenvalue weighted by Gasteiger charge is -2.07. The maximum atomic E-state index is 11.1. The standard InChI is InChI=1S/C7H6N2O2S/c1-4(10)9-5-2-3-8-7(12)6(5)11/h2-3H,1H3,(H,9,10). The number of ketones is 1. The van der Waals surface area contributed by atoms with Gasteiger partial charge in [0.25, 0.3) is 0 Å². The predicted octanol–water partition coefficient (Wildman–Crippen LogP) is -0.0127. The number of nitrogens with zero attached hydrogens (tertiary/aromatic N) is 1. The van der Waals surface area contributed by atoms with Crippen molar-refractivity contribution in [3.05, 3.63) is 11.8 Å². The van der Waals surface area contributed by atoms with Crippen LogP contribution in [0.3, 0.4) is 0 Å². The Kier molecular flexibility index (Phi) is 2.44. The van der Waals surface area contributed by atoms with Crippen LogP contribution in [0.1, 0.15) is 6.92 Å². The molecule has 62 valence electrons. The molecule has 1 heterocycles. The third-order valence-electron chi connectivity index (χ3n) is 1.18. The number of allylic oxidation sites excluding steroid dienone is 1. The Morgan fingerprint density at radius 3 is 2.92 bits per heavy atom. The van der Waals surface area contributed by atoms with Gasteiger partial charge < -0.3 is 5.32 Å². The molecule has 0 aromatic heterocycles. The molecule has 1 aliphatic rings. The van der Waals surface area contributed by atoms with Crippen LogP contribution in [0.15, 0.2) is 16.8 Å². The van der Waals surface area contributed by atoms with Gasteiger partial charge in [-0.15, -0.1) is 0 Å². The highest BCUT2D eigenvalue weighted by Gasteiger charge is 2.17. The molecule has 0 saturated heterocycles. The van der Waals surface area contributed by atoms with Gasteiger partial charge in [-0.1, -0.05) is 12.2 Å². The topological polar surface area (TPSA) is 58.5 Å². The minimum absolute atomic E-state index is 0.0266. The molecule has 1 rings (SSSR count). The van der Waals surface area contributed by atoms with Crippen LogP contribution in [0, 0.1) is 0 Å². The second-order valence-corrected chi connectivity index (χ2v) is 2.56. The van der Waals surface area contributed by atoms with Gasteiger partial charge in [0.1, 0.15) is 0 Å². The summed E-state index contributed by atoms with van der Waals surface area (Å²) in [6, 6.07) is 0. The molecular weight excluding hydrogens is 176 g/mol. The molecule has 5 heteroatoms. The average Bonchev–Trinajstić information content (AvgIpc) is 1.98. The Bertz CT molecular complexity index is 317. The summed E-state index contributed by atoms with van der Waals surface area (Å²) in [6.07, 6.45) is 2.80. The van der Waals surface area contributed by atoms with Crippen molar-refractivity contribution < 1.29 is 9.59 Å². The maximum absolute atomic E-state index is 11.1. The Labute approximate surface area is 74.4 Å². The van der Waals surface area contributed by atoms with Crippen LogP contribution in [0.2, 0.25) is 0 Å². The molecule has 0 aliphatic carbocycles. The fourth-order valence-corrected chi connectivity index (χ4v) is 0.888. The second kappa shape index (κ2) is 3.36. The first kappa shape index (κ1) is 8.73. The van der Waals surface area contributed by atoms with E-state index in [2.05, 4.69) is 22.5 Å². The molecule has 0 radical (unpaired) electrons. The molecule has 0 aromatic rings. The minimum Gasteiger partial charge on any atom is -0.323 e. The van der Waals surface area contributed by atoms with Crippen molar-refractivity contribution >= 4 is 35.1 Å². The number of hydrogen-bond donors (Lipinski definition) is 1. The first-order valence-corrected chi connectivity index (χ1v) is 3.62. The van der Waals surface area contributed by atoms with Crippen molar-refractivity contribution in [2.75, 3.05) is 0 Å². The van der Waals surface area contributed by atoms with Crippen molar-refractivity contribution in [1.82, 2.24) is 5.32 Å². The third-order valence-corrected chi connectivity index (χ3v) is 1.47. The number of amides is 1. The summed E-state index contributed by atoms with van der Waals surface area (Å²) in [7, 11) is 0. The zero-order chi connectivity index (χ0) is 9.14. The lowest BCUT2D eigenvalue weighted by Crippen LogP contribution is -2.29. The summed E-state index contributed by atoms with van der Waals surface area (Å²) < 4.78 is 0. The number of thiocarbonyl (C=S) groups is 1. The number of Topliss-reactive ketones (excluding diaryl/α,β-unsaturated/α-hetero) is 1. The van der Waals surface area contributed by atoms with Crippen molar-refractivity contribution in [2.45, 2.75) is 6.92 Å². The summed E-state index contributed by atoms with van der Waals surface area (Å²) in [5.74, 6) is -0.713. The van der Waals surface area contributed by atoms with Gasteiger partial charge in [0, 0.05) is 13.1 Å². The first-order valence-electron chi connectivity index (χ1n) is 3.22. The van der Waals surface area contributed by atoms with Gasteiger partial charge in [0.15, 0.2) is 4.99 Å². The summed E-state index contributed by atoms with van der Waals surface area (Å²) in [6.45, 7) is 1.32. The molecule has 0 fully saturated rings. The van der Waals surface area contributed by atoms with E-state index in [0.29, 0.717) is 0 Å². The molecule has 4 nitrogen and oxygen atoms in total. The van der Waals surface area contributed by atoms with Gasteiger partial charge in [-0.3, -0.25) is 9.59 Å². The zero-order valence-corrected chi connectivity index (χ0v) is 7.14. The minimum atomic E-state index is -0.414. The van der Waals surface area contributed by atoms with E-state index in [1.54, 1.807) is 0 Å². The number of carbonyl (C=O) groups excluding carboxylic acids is 2. The highest BCUT2D eigenvalue weighted by molar-refractivity contribution is 7.82. The van der Waals surface area contributed by atoms with E-state index in [-0.39, 0.29) is 16.6 Å². The molecule has 1 aliphatic heterocycles. The monoisotopic (exact) mass is 182 g/mol. The first-order chi connectivity index (χ1) is 5.61. The molecule has 0 saturated carbocycles. The fraction of sp³-hybridized carbons (Fsp3) is 0.143. The zero-order valence-electron chi connectivity index (χ0n) is 6.33. The van der Waals surface area contributed by atoms with Gasteiger partial charge in [-0.2, -0.15) is 0 Å². The number of carbonyl (C=O) groups is 2. The van der Waals surface area contributed by atoms with Crippen molar-refractivity contribution in [1.29, 1.82) is 0 Å². The second-order valence-electron chi connectivity index (χ2n) is 2.17. The quantitative estimate of drug-likeness (QED) is 0.580. The van der Waals surface area contributed by atoms with Crippen LogP contribution in [-0.4, -0.2) is 22.9 Å². The Morgan fingerprint density at radius 2 is 2.33 bits per heavy atom. The Morgan fingerprint density at radius 1 is 1.67 bits per heavy atom. The van der Waals surface area contributed by atoms with Crippen LogP contribution in [0.5, 0.6) is 0 Å². The average molecular weight is 182 g/mol. The number of nitrogens with one attached hydrogen (secondary N) is 1. The highest BCUT2D eigenvalue weighted by Crippen LogP contribution is 2.00. The maximum Gasteiger partial charge on any atom is 0.238 e. The molecule has 0 aromatic carbocycles. The molecular formula is C7H6N2O2S. The van der Waals surface area contributed by atoms with E-state index in [9.17, 15) is 9.59 Å². The van der Waals surface area contributed by atoms with E-state index in [1.165, 1.54) is 19.2 Å². The summed E-state index contributed by atoms with van der Waals surface area (Å²) in [4.78, 5) is 25.3. The van der Waals surface area contributed by atoms with Crippen LogP contribution >= 0.6 is 12.2 Å². The summed E-state index contributed by atoms with van der Waals surface area (Å²) >= 11 is 4.62. The smallest absolute Gasteiger partial charge is 0.238 e. The number of aliphatic imine (C=N–C) groups is 1. The normalized spacial score (nSPS) is 15.9. The van der Waals surface area contributed by atoms with Crippen LogP contribution in [-0.2, 0) is 9.59 Å². The molecule has 0 atom stereocenters. The predicted molar refractivity (Wildman–Crippen MR) is 48.0 cm³/mol. The van der Waals surface area contributed by atoms with E-state index >= 15 is 0 Å². The molecule has 12 heavy (non-hydrogen) atoms. The van der Waals surface area contributed by atoms with Gasteiger partial charge in [0.2, 0.25) is 11.7 Å². The van der Waals surface area contributed by atoms with Gasteiger partial charge in [-0.05, 0) is 6.08 Å². The third kappa shape index (κ3) is 1.82. The van der Waals surface area contributed by atoms with E-state index in [4.69, 9.17) is 0 Å². The van der Waals surface area contributed by atoms with Gasteiger partial charge >= 0.3 is 0 Å². The Hall–Kier alpha value is -1.36. The number of rotatable bonds is 1. The van der Waals surface area contributed by atoms with Crippen LogP contribution in [0.4, 0.5) is 0 Å².